The van der Waals surface area contributed by atoms with Crippen LogP contribution in [0.2, 0.25) is 0 Å². The predicted molar refractivity (Wildman–Crippen MR) is 65.3 cm³/mol. The molecule has 1 fully saturated rings. The molecule has 1 saturated heterocycles. The maximum Gasteiger partial charge on any atom is 0.120 e. The molecule has 0 amide bonds. The van der Waals surface area contributed by atoms with Crippen molar-refractivity contribution in [3.63, 3.8) is 0 Å². The molecule has 90 valence electrons. The third-order valence-electron chi connectivity index (χ3n) is 3.62. The summed E-state index contributed by atoms with van der Waals surface area (Å²) in [6, 6.07) is 4.40. The summed E-state index contributed by atoms with van der Waals surface area (Å²) in [5.74, 6) is 1.90. The van der Waals surface area contributed by atoms with E-state index >= 15 is 0 Å². The van der Waals surface area contributed by atoms with Gasteiger partial charge in [-0.3, -0.25) is 4.90 Å². The second kappa shape index (κ2) is 5.51. The monoisotopic (exact) mass is 222 g/mol. The van der Waals surface area contributed by atoms with E-state index in [0.717, 1.165) is 11.7 Å². The zero-order valence-corrected chi connectivity index (χ0v) is 10.3. The van der Waals surface area contributed by atoms with Crippen molar-refractivity contribution in [3.05, 3.63) is 24.2 Å². The van der Waals surface area contributed by atoms with Crippen LogP contribution < -0.4 is 5.32 Å². The van der Waals surface area contributed by atoms with Gasteiger partial charge in [-0.15, -0.1) is 0 Å². The number of piperidine rings is 1. The summed E-state index contributed by atoms with van der Waals surface area (Å²) in [5, 5.41) is 3.41. The highest BCUT2D eigenvalue weighted by Crippen LogP contribution is 2.22. The second-order valence-electron chi connectivity index (χ2n) is 4.82. The Bertz CT molecular complexity index is 291. The van der Waals surface area contributed by atoms with Crippen LogP contribution in [0.3, 0.4) is 0 Å². The average Bonchev–Trinajstić information content (AvgIpc) is 2.83. The lowest BCUT2D eigenvalue weighted by Gasteiger charge is -2.30. The zero-order valence-electron chi connectivity index (χ0n) is 10.3. The van der Waals surface area contributed by atoms with Crippen molar-refractivity contribution < 1.29 is 4.42 Å². The molecule has 3 heteroatoms. The van der Waals surface area contributed by atoms with Gasteiger partial charge in [0, 0.05) is 6.54 Å². The van der Waals surface area contributed by atoms with Gasteiger partial charge in [-0.2, -0.15) is 0 Å². The minimum atomic E-state index is 0.380. The summed E-state index contributed by atoms with van der Waals surface area (Å²) in [5.41, 5.74) is 0. The van der Waals surface area contributed by atoms with E-state index in [1.54, 1.807) is 6.26 Å². The van der Waals surface area contributed by atoms with Gasteiger partial charge in [-0.1, -0.05) is 0 Å². The van der Waals surface area contributed by atoms with Gasteiger partial charge in [0.25, 0.3) is 0 Å². The van der Waals surface area contributed by atoms with Crippen LogP contribution in [-0.2, 0) is 0 Å². The standard InChI is InChI=1S/C13H22N2O/c1-11(13-4-3-9-16-13)15(2)10-12-5-7-14-8-6-12/h3-4,9,11-12,14H,5-8,10H2,1-2H3/t11-/m1/s1. The lowest BCUT2D eigenvalue weighted by molar-refractivity contribution is 0.180. The maximum atomic E-state index is 5.45. The Morgan fingerprint density at radius 2 is 2.25 bits per heavy atom. The van der Waals surface area contributed by atoms with E-state index in [1.807, 2.05) is 6.07 Å². The van der Waals surface area contributed by atoms with Crippen molar-refractivity contribution in [2.45, 2.75) is 25.8 Å². The molecular weight excluding hydrogens is 200 g/mol. The molecule has 3 nitrogen and oxygen atoms in total. The Hall–Kier alpha value is -0.800. The fourth-order valence-corrected chi connectivity index (χ4v) is 2.38. The minimum Gasteiger partial charge on any atom is -0.468 e. The first-order valence-corrected chi connectivity index (χ1v) is 6.21. The lowest BCUT2D eigenvalue weighted by atomic mass is 9.97. The highest BCUT2D eigenvalue weighted by molar-refractivity contribution is 5.03. The van der Waals surface area contributed by atoms with E-state index in [9.17, 15) is 0 Å². The van der Waals surface area contributed by atoms with Crippen LogP contribution in [0.25, 0.3) is 0 Å². The first-order valence-electron chi connectivity index (χ1n) is 6.21. The molecule has 0 aliphatic carbocycles. The van der Waals surface area contributed by atoms with E-state index in [0.29, 0.717) is 6.04 Å². The maximum absolute atomic E-state index is 5.45. The molecule has 0 aromatic carbocycles. The van der Waals surface area contributed by atoms with Crippen LogP contribution >= 0.6 is 0 Å². The smallest absolute Gasteiger partial charge is 0.120 e. The van der Waals surface area contributed by atoms with Crippen molar-refractivity contribution in [2.24, 2.45) is 5.92 Å². The quantitative estimate of drug-likeness (QED) is 0.847. The number of rotatable bonds is 4. The summed E-state index contributed by atoms with van der Waals surface area (Å²) < 4.78 is 5.45. The fourth-order valence-electron chi connectivity index (χ4n) is 2.38. The number of nitrogens with zero attached hydrogens (tertiary/aromatic N) is 1. The van der Waals surface area contributed by atoms with E-state index in [4.69, 9.17) is 4.42 Å². The van der Waals surface area contributed by atoms with Gasteiger partial charge in [0.05, 0.1) is 12.3 Å². The van der Waals surface area contributed by atoms with Crippen LogP contribution in [0.15, 0.2) is 22.8 Å². The predicted octanol–water partition coefficient (Wildman–Crippen LogP) is 2.27. The van der Waals surface area contributed by atoms with Crippen LogP contribution in [-0.4, -0.2) is 31.6 Å². The van der Waals surface area contributed by atoms with Crippen LogP contribution in [0.5, 0.6) is 0 Å². The molecule has 0 spiro atoms. The number of furan rings is 1. The first kappa shape index (κ1) is 11.7. The Labute approximate surface area is 97.8 Å². The third kappa shape index (κ3) is 2.86. The summed E-state index contributed by atoms with van der Waals surface area (Å²) in [6.45, 7) is 5.73. The topological polar surface area (TPSA) is 28.4 Å². The minimum absolute atomic E-state index is 0.380. The molecule has 1 aromatic heterocycles. The summed E-state index contributed by atoms with van der Waals surface area (Å²) in [7, 11) is 2.19. The Morgan fingerprint density at radius 3 is 2.88 bits per heavy atom. The fraction of sp³-hybridized carbons (Fsp3) is 0.692. The molecule has 16 heavy (non-hydrogen) atoms. The largest absolute Gasteiger partial charge is 0.468 e. The molecule has 1 atom stereocenters. The van der Waals surface area contributed by atoms with Gasteiger partial charge in [0.2, 0.25) is 0 Å². The number of nitrogens with one attached hydrogen (secondary N) is 1. The molecule has 0 bridgehead atoms. The normalized spacial score (nSPS) is 20.2. The third-order valence-corrected chi connectivity index (χ3v) is 3.62. The molecule has 0 unspecified atom stereocenters. The Balaban J connectivity index is 1.84. The van der Waals surface area contributed by atoms with Gasteiger partial charge >= 0.3 is 0 Å². The molecule has 2 rings (SSSR count). The summed E-state index contributed by atoms with van der Waals surface area (Å²) in [4.78, 5) is 2.40. The lowest BCUT2D eigenvalue weighted by Crippen LogP contribution is -2.35. The van der Waals surface area contributed by atoms with Crippen molar-refractivity contribution in [3.8, 4) is 0 Å². The molecule has 2 heterocycles. The second-order valence-corrected chi connectivity index (χ2v) is 4.82. The van der Waals surface area contributed by atoms with E-state index in [2.05, 4.69) is 30.3 Å². The highest BCUT2D eigenvalue weighted by atomic mass is 16.3. The average molecular weight is 222 g/mol. The van der Waals surface area contributed by atoms with Crippen LogP contribution in [0, 0.1) is 5.92 Å². The molecule has 1 aromatic rings. The molecule has 1 aliphatic heterocycles. The van der Waals surface area contributed by atoms with Crippen molar-refractivity contribution in [1.82, 2.24) is 10.2 Å². The number of hydrogen-bond donors (Lipinski definition) is 1. The van der Waals surface area contributed by atoms with Crippen molar-refractivity contribution >= 4 is 0 Å². The SMILES string of the molecule is C[C@H](c1ccco1)N(C)CC1CCNCC1. The van der Waals surface area contributed by atoms with E-state index in [-0.39, 0.29) is 0 Å². The van der Waals surface area contributed by atoms with Gasteiger partial charge in [0.15, 0.2) is 0 Å². The summed E-state index contributed by atoms with van der Waals surface area (Å²) >= 11 is 0. The molecule has 1 N–H and O–H groups in total. The molecular formula is C13H22N2O. The van der Waals surface area contributed by atoms with Crippen molar-refractivity contribution in [2.75, 3.05) is 26.7 Å². The first-order chi connectivity index (χ1) is 7.77. The Kier molecular flexibility index (Phi) is 4.02. The van der Waals surface area contributed by atoms with Gasteiger partial charge in [-0.05, 0) is 58.0 Å². The molecule has 0 saturated carbocycles. The Morgan fingerprint density at radius 1 is 1.50 bits per heavy atom. The molecule has 0 radical (unpaired) electrons. The van der Waals surface area contributed by atoms with Gasteiger partial charge in [-0.25, -0.2) is 0 Å². The van der Waals surface area contributed by atoms with Crippen LogP contribution in [0.1, 0.15) is 31.6 Å². The number of hydrogen-bond acceptors (Lipinski definition) is 3. The van der Waals surface area contributed by atoms with E-state index < -0.39 is 0 Å². The van der Waals surface area contributed by atoms with E-state index in [1.165, 1.54) is 32.5 Å². The molecule has 1 aliphatic rings. The van der Waals surface area contributed by atoms with Crippen LogP contribution in [0.4, 0.5) is 0 Å². The van der Waals surface area contributed by atoms with Gasteiger partial charge < -0.3 is 9.73 Å². The zero-order chi connectivity index (χ0) is 11.4. The van der Waals surface area contributed by atoms with Gasteiger partial charge in [0.1, 0.15) is 5.76 Å². The summed E-state index contributed by atoms with van der Waals surface area (Å²) in [6.07, 6.45) is 4.36. The highest BCUT2D eigenvalue weighted by Gasteiger charge is 2.19. The van der Waals surface area contributed by atoms with Crippen molar-refractivity contribution in [1.29, 1.82) is 0 Å².